The fraction of sp³-hybridized carbons (Fsp3) is 0.690. The van der Waals surface area contributed by atoms with E-state index in [2.05, 4.69) is 27.1 Å². The third kappa shape index (κ3) is 5.45. The van der Waals surface area contributed by atoms with Gasteiger partial charge in [-0.1, -0.05) is 0 Å². The van der Waals surface area contributed by atoms with Gasteiger partial charge in [0.05, 0.1) is 28.8 Å². The van der Waals surface area contributed by atoms with Crippen molar-refractivity contribution in [3.05, 3.63) is 23.8 Å². The number of fused-ring (bicyclic) bond motifs is 2. The van der Waals surface area contributed by atoms with Crippen molar-refractivity contribution < 1.29 is 22.7 Å². The summed E-state index contributed by atoms with van der Waals surface area (Å²) in [5.41, 5.74) is 3.92. The molecule has 1 aromatic carbocycles. The van der Waals surface area contributed by atoms with Crippen LogP contribution >= 0.6 is 0 Å². The van der Waals surface area contributed by atoms with Crippen LogP contribution in [0.3, 0.4) is 0 Å². The quantitative estimate of drug-likeness (QED) is 0.448. The number of carbonyl (C=O) groups excluding carboxylic acids is 2. The van der Waals surface area contributed by atoms with E-state index in [1.165, 1.54) is 0 Å². The number of hydrazine groups is 1. The highest BCUT2D eigenvalue weighted by atomic mass is 32.2. The van der Waals surface area contributed by atoms with Crippen LogP contribution in [0.1, 0.15) is 64.9 Å². The molecule has 4 heterocycles. The molecule has 6 rings (SSSR count). The van der Waals surface area contributed by atoms with E-state index < -0.39 is 33.2 Å². The first-order valence-corrected chi connectivity index (χ1v) is 16.4. The molecule has 3 N–H and O–H groups in total. The van der Waals surface area contributed by atoms with Gasteiger partial charge >= 0.3 is 6.09 Å². The van der Waals surface area contributed by atoms with Crippen molar-refractivity contribution in [2.45, 2.75) is 94.1 Å². The highest BCUT2D eigenvalue weighted by molar-refractivity contribution is 7.89. The van der Waals surface area contributed by atoms with E-state index in [9.17, 15) is 23.3 Å². The van der Waals surface area contributed by atoms with E-state index in [4.69, 9.17) is 4.74 Å². The van der Waals surface area contributed by atoms with E-state index in [1.54, 1.807) is 21.3 Å². The van der Waals surface area contributed by atoms with Gasteiger partial charge in [0.25, 0.3) is 0 Å². The van der Waals surface area contributed by atoms with Crippen LogP contribution in [0.5, 0.6) is 0 Å². The van der Waals surface area contributed by atoms with Gasteiger partial charge in [0.15, 0.2) is 0 Å². The van der Waals surface area contributed by atoms with E-state index in [0.717, 1.165) is 30.5 Å². The Labute approximate surface area is 247 Å². The number of hydrogen-bond acceptors (Lipinski definition) is 9. The summed E-state index contributed by atoms with van der Waals surface area (Å²) in [5.74, 6) is -0.0169. The lowest BCUT2D eigenvalue weighted by molar-refractivity contribution is -0.128. The maximum absolute atomic E-state index is 13.2. The number of anilines is 1. The molecule has 228 valence electrons. The average Bonchev–Trinajstić information content (AvgIpc) is 3.61. The second-order valence-corrected chi connectivity index (χ2v) is 15.3. The maximum Gasteiger partial charge on any atom is 0.410 e. The van der Waals surface area contributed by atoms with Gasteiger partial charge in [0.2, 0.25) is 15.9 Å². The van der Waals surface area contributed by atoms with E-state index in [0.29, 0.717) is 56.4 Å². The number of nitrogens with one attached hydrogen (secondary N) is 3. The summed E-state index contributed by atoms with van der Waals surface area (Å²) in [6.45, 7) is 7.90. The van der Waals surface area contributed by atoms with Crippen molar-refractivity contribution in [2.24, 2.45) is 11.8 Å². The molecule has 12 nitrogen and oxygen atoms in total. The lowest BCUT2D eigenvalue weighted by atomic mass is 9.81. The molecular formula is C29H41N7O5S. The highest BCUT2D eigenvalue weighted by Gasteiger charge is 2.55. The average molecular weight is 600 g/mol. The third-order valence-corrected chi connectivity index (χ3v) is 11.1. The number of hydrogen-bond donors (Lipinski definition) is 3. The molecule has 5 aliphatic rings. The molecular weight excluding hydrogens is 558 g/mol. The van der Waals surface area contributed by atoms with Crippen molar-refractivity contribution in [2.75, 3.05) is 31.5 Å². The number of amides is 2. The molecule has 0 spiro atoms. The number of carbonyl (C=O) groups is 2. The van der Waals surface area contributed by atoms with Crippen LogP contribution < -0.4 is 16.1 Å². The van der Waals surface area contributed by atoms with E-state index >= 15 is 0 Å². The number of nitrogens with zero attached hydrogens (tertiary/aromatic N) is 4. The number of sulfonamides is 1. The lowest BCUT2D eigenvalue weighted by Gasteiger charge is -2.48. The van der Waals surface area contributed by atoms with Crippen LogP contribution in [-0.2, 0) is 26.1 Å². The summed E-state index contributed by atoms with van der Waals surface area (Å²) in [7, 11) is -3.48. The van der Waals surface area contributed by atoms with Crippen LogP contribution in [0.15, 0.2) is 23.1 Å². The molecule has 0 bridgehead atoms. The van der Waals surface area contributed by atoms with Crippen molar-refractivity contribution in [3.8, 4) is 6.07 Å². The van der Waals surface area contributed by atoms with Crippen molar-refractivity contribution in [1.82, 2.24) is 25.0 Å². The summed E-state index contributed by atoms with van der Waals surface area (Å²) in [6, 6.07) is 7.54. The summed E-state index contributed by atoms with van der Waals surface area (Å²) in [4.78, 5) is 28.0. The highest BCUT2D eigenvalue weighted by Crippen LogP contribution is 2.41. The molecule has 3 unspecified atom stereocenters. The SMILES string of the molecule is CC(C)(C)OC(=O)N1CCC(CC#N)(N2NC(Nc3ccc4c(c3)CN(CC3CC3)S4(=O)=O)C3C(=O)NCCC32)CC1. The lowest BCUT2D eigenvalue weighted by Crippen LogP contribution is -2.62. The molecule has 42 heavy (non-hydrogen) atoms. The first kappa shape index (κ1) is 29.2. The van der Waals surface area contributed by atoms with Gasteiger partial charge in [-0.3, -0.25) is 4.79 Å². The Morgan fingerprint density at radius 3 is 2.62 bits per heavy atom. The second kappa shape index (κ2) is 10.7. The molecule has 4 fully saturated rings. The van der Waals surface area contributed by atoms with Crippen LogP contribution in [0, 0.1) is 23.2 Å². The Morgan fingerprint density at radius 2 is 1.95 bits per heavy atom. The van der Waals surface area contributed by atoms with Gasteiger partial charge < -0.3 is 20.3 Å². The zero-order valence-corrected chi connectivity index (χ0v) is 25.4. The maximum atomic E-state index is 13.2. The van der Waals surface area contributed by atoms with Crippen LogP contribution in [-0.4, -0.2) is 84.2 Å². The minimum atomic E-state index is -3.48. The normalized spacial score (nSPS) is 28.9. The van der Waals surface area contributed by atoms with Gasteiger partial charge in [0, 0.05) is 44.5 Å². The number of nitriles is 1. The van der Waals surface area contributed by atoms with Crippen molar-refractivity contribution in [1.29, 1.82) is 5.26 Å². The summed E-state index contributed by atoms with van der Waals surface area (Å²) in [5, 5.41) is 18.5. The van der Waals surface area contributed by atoms with Gasteiger partial charge in [0.1, 0.15) is 11.8 Å². The smallest absolute Gasteiger partial charge is 0.410 e. The Kier molecular flexibility index (Phi) is 7.40. The Hall–Kier alpha value is -2.92. The molecule has 1 saturated carbocycles. The van der Waals surface area contributed by atoms with Crippen molar-refractivity contribution in [3.63, 3.8) is 0 Å². The Bertz CT molecular complexity index is 1390. The second-order valence-electron chi connectivity index (χ2n) is 13.4. The zero-order chi connectivity index (χ0) is 29.9. The fourth-order valence-corrected chi connectivity index (χ4v) is 8.58. The minimum Gasteiger partial charge on any atom is -0.444 e. The molecule has 2 amide bonds. The minimum absolute atomic E-state index is 0.0589. The van der Waals surface area contributed by atoms with Gasteiger partial charge in [-0.2, -0.15) is 9.57 Å². The van der Waals surface area contributed by atoms with Crippen LogP contribution in [0.25, 0.3) is 0 Å². The van der Waals surface area contributed by atoms with E-state index in [1.807, 2.05) is 26.8 Å². The van der Waals surface area contributed by atoms with Crippen LogP contribution in [0.4, 0.5) is 10.5 Å². The monoisotopic (exact) mass is 599 g/mol. The predicted octanol–water partition coefficient (Wildman–Crippen LogP) is 2.35. The first-order chi connectivity index (χ1) is 19.9. The molecule has 3 atom stereocenters. The van der Waals surface area contributed by atoms with Gasteiger partial charge in [-0.05, 0) is 82.6 Å². The topological polar surface area (TPSA) is 147 Å². The molecule has 4 aliphatic heterocycles. The standard InChI is InChI=1S/C29H41N7O5S/c1-28(2,3)41-27(38)34-14-10-29(9-12-30,11-15-34)36-22-8-13-31-26(37)24(22)25(33-36)32-21-6-7-23-20(16-21)18-35(42(23,39)40)17-19-4-5-19/h6-7,16,19,22,24-25,32-33H,4-5,8-11,13-15,17-18H2,1-3H3,(H,31,37). The molecule has 13 heteroatoms. The summed E-state index contributed by atoms with van der Waals surface area (Å²) < 4.78 is 33.3. The number of ether oxygens (including phenoxy) is 1. The number of rotatable bonds is 6. The Morgan fingerprint density at radius 1 is 1.21 bits per heavy atom. The van der Waals surface area contributed by atoms with Crippen molar-refractivity contribution >= 4 is 27.7 Å². The molecule has 3 saturated heterocycles. The molecule has 1 aromatic rings. The molecule has 0 aromatic heterocycles. The summed E-state index contributed by atoms with van der Waals surface area (Å²) >= 11 is 0. The number of benzene rings is 1. The predicted molar refractivity (Wildman–Crippen MR) is 154 cm³/mol. The number of piperidine rings is 2. The van der Waals surface area contributed by atoms with E-state index in [-0.39, 0.29) is 24.5 Å². The largest absolute Gasteiger partial charge is 0.444 e. The Balaban J connectivity index is 1.21. The van der Waals surface area contributed by atoms with Gasteiger partial charge in [-0.25, -0.2) is 23.6 Å². The zero-order valence-electron chi connectivity index (χ0n) is 24.6. The third-order valence-electron chi connectivity index (χ3n) is 9.20. The van der Waals surface area contributed by atoms with Gasteiger partial charge in [-0.15, -0.1) is 0 Å². The number of likely N-dealkylation sites (tertiary alicyclic amines) is 1. The fourth-order valence-electron chi connectivity index (χ4n) is 6.89. The first-order valence-electron chi connectivity index (χ1n) is 15.0. The molecule has 1 aliphatic carbocycles. The summed E-state index contributed by atoms with van der Waals surface area (Å²) in [6.07, 6.45) is 3.47. The molecule has 0 radical (unpaired) electrons. The van der Waals surface area contributed by atoms with Crippen LogP contribution in [0.2, 0.25) is 0 Å².